The SMILES string of the molecule is CCN(Cc1cccc(F)c1)C(=O)CC1CC2CCC(C1)N2.Cl. The molecule has 2 fully saturated rings. The highest BCUT2D eigenvalue weighted by atomic mass is 35.5. The van der Waals surface area contributed by atoms with Crippen LogP contribution in [0.1, 0.15) is 44.6 Å². The Bertz CT molecular complexity index is 528. The Hall–Kier alpha value is -1.13. The summed E-state index contributed by atoms with van der Waals surface area (Å²) in [4.78, 5) is 14.4. The largest absolute Gasteiger partial charge is 0.339 e. The summed E-state index contributed by atoms with van der Waals surface area (Å²) >= 11 is 0. The number of amides is 1. The Labute approximate surface area is 144 Å². The molecule has 0 spiro atoms. The molecule has 0 aromatic heterocycles. The smallest absolute Gasteiger partial charge is 0.223 e. The van der Waals surface area contributed by atoms with E-state index in [-0.39, 0.29) is 24.1 Å². The Balaban J connectivity index is 0.00000192. The van der Waals surface area contributed by atoms with E-state index in [1.54, 1.807) is 6.07 Å². The molecule has 3 rings (SSSR count). The summed E-state index contributed by atoms with van der Waals surface area (Å²) in [6.45, 7) is 3.17. The zero-order chi connectivity index (χ0) is 15.5. The van der Waals surface area contributed by atoms with Crippen LogP contribution >= 0.6 is 12.4 Å². The van der Waals surface area contributed by atoms with Gasteiger partial charge in [0.25, 0.3) is 0 Å². The summed E-state index contributed by atoms with van der Waals surface area (Å²) in [5.41, 5.74) is 0.862. The number of fused-ring (bicyclic) bond motifs is 2. The fraction of sp³-hybridized carbons (Fsp3) is 0.611. The van der Waals surface area contributed by atoms with Crippen molar-refractivity contribution in [3.63, 3.8) is 0 Å². The van der Waals surface area contributed by atoms with Crippen molar-refractivity contribution in [3.8, 4) is 0 Å². The van der Waals surface area contributed by atoms with Crippen molar-refractivity contribution in [1.29, 1.82) is 0 Å². The van der Waals surface area contributed by atoms with Crippen molar-refractivity contribution in [1.82, 2.24) is 10.2 Å². The number of nitrogens with one attached hydrogen (secondary N) is 1. The molecule has 2 unspecified atom stereocenters. The van der Waals surface area contributed by atoms with Gasteiger partial charge >= 0.3 is 0 Å². The molecule has 128 valence electrons. The molecule has 1 N–H and O–H groups in total. The molecule has 0 saturated carbocycles. The maximum atomic E-state index is 13.3. The Kier molecular flexibility index (Phi) is 6.42. The molecule has 2 bridgehead atoms. The summed E-state index contributed by atoms with van der Waals surface area (Å²) in [7, 11) is 0. The first-order chi connectivity index (χ1) is 10.6. The molecule has 1 aromatic rings. The van der Waals surface area contributed by atoms with Gasteiger partial charge in [0.05, 0.1) is 0 Å². The van der Waals surface area contributed by atoms with Crippen LogP contribution in [0.25, 0.3) is 0 Å². The summed E-state index contributed by atoms with van der Waals surface area (Å²) < 4.78 is 13.3. The second-order valence-electron chi connectivity index (χ2n) is 6.72. The van der Waals surface area contributed by atoms with E-state index in [4.69, 9.17) is 0 Å². The van der Waals surface area contributed by atoms with Gasteiger partial charge in [0.15, 0.2) is 0 Å². The fourth-order valence-electron chi connectivity index (χ4n) is 3.95. The third kappa shape index (κ3) is 4.67. The molecule has 2 aliphatic rings. The highest BCUT2D eigenvalue weighted by molar-refractivity contribution is 5.85. The quantitative estimate of drug-likeness (QED) is 0.889. The van der Waals surface area contributed by atoms with Crippen molar-refractivity contribution in [3.05, 3.63) is 35.6 Å². The number of hydrogen-bond acceptors (Lipinski definition) is 2. The van der Waals surface area contributed by atoms with Crippen LogP contribution in [0.2, 0.25) is 0 Å². The monoisotopic (exact) mass is 340 g/mol. The molecule has 2 aliphatic heterocycles. The minimum absolute atomic E-state index is 0. The summed E-state index contributed by atoms with van der Waals surface area (Å²) in [5.74, 6) is 0.474. The normalized spacial score (nSPS) is 25.7. The molecule has 0 aliphatic carbocycles. The van der Waals surface area contributed by atoms with E-state index in [2.05, 4.69) is 5.32 Å². The van der Waals surface area contributed by atoms with Gasteiger partial charge in [-0.3, -0.25) is 4.79 Å². The Morgan fingerprint density at radius 3 is 2.61 bits per heavy atom. The van der Waals surface area contributed by atoms with Crippen molar-refractivity contribution in [2.45, 2.75) is 57.7 Å². The number of hydrogen-bond donors (Lipinski definition) is 1. The van der Waals surface area contributed by atoms with Crippen LogP contribution in [0.3, 0.4) is 0 Å². The summed E-state index contributed by atoms with van der Waals surface area (Å²) in [6, 6.07) is 7.77. The number of nitrogens with zero attached hydrogens (tertiary/aromatic N) is 1. The van der Waals surface area contributed by atoms with E-state index in [9.17, 15) is 9.18 Å². The lowest BCUT2D eigenvalue weighted by atomic mass is 9.89. The first-order valence-electron chi connectivity index (χ1n) is 8.42. The second-order valence-corrected chi connectivity index (χ2v) is 6.72. The van der Waals surface area contributed by atoms with Gasteiger partial charge < -0.3 is 10.2 Å². The van der Waals surface area contributed by atoms with Crippen LogP contribution in [0, 0.1) is 11.7 Å². The van der Waals surface area contributed by atoms with Gasteiger partial charge in [-0.05, 0) is 56.2 Å². The number of benzene rings is 1. The number of piperidine rings is 1. The highest BCUT2D eigenvalue weighted by Crippen LogP contribution is 2.33. The fourth-order valence-corrected chi connectivity index (χ4v) is 3.95. The summed E-state index contributed by atoms with van der Waals surface area (Å²) in [6.07, 6.45) is 5.41. The van der Waals surface area contributed by atoms with Crippen LogP contribution in [0.4, 0.5) is 4.39 Å². The average molecular weight is 341 g/mol. The van der Waals surface area contributed by atoms with Crippen molar-refractivity contribution >= 4 is 18.3 Å². The van der Waals surface area contributed by atoms with Gasteiger partial charge in [-0.15, -0.1) is 12.4 Å². The second kappa shape index (κ2) is 8.11. The standard InChI is InChI=1S/C18H25FN2O.ClH/c1-2-21(12-13-4-3-5-15(19)8-13)18(22)11-14-9-16-6-7-17(10-14)20-16;/h3-5,8,14,16-17,20H,2,6-7,9-12H2,1H3;1H. The molecule has 23 heavy (non-hydrogen) atoms. The van der Waals surface area contributed by atoms with Crippen molar-refractivity contribution in [2.75, 3.05) is 6.54 Å². The summed E-state index contributed by atoms with van der Waals surface area (Å²) in [5, 5.41) is 3.62. The van der Waals surface area contributed by atoms with E-state index < -0.39 is 0 Å². The molecule has 5 heteroatoms. The lowest BCUT2D eigenvalue weighted by molar-refractivity contribution is -0.132. The third-order valence-electron chi connectivity index (χ3n) is 5.03. The van der Waals surface area contributed by atoms with E-state index in [0.29, 0.717) is 37.5 Å². The molecule has 2 atom stereocenters. The topological polar surface area (TPSA) is 32.3 Å². The minimum Gasteiger partial charge on any atom is -0.339 e. The lowest BCUT2D eigenvalue weighted by Gasteiger charge is -2.30. The lowest BCUT2D eigenvalue weighted by Crippen LogP contribution is -2.40. The van der Waals surface area contributed by atoms with Gasteiger partial charge in [-0.25, -0.2) is 4.39 Å². The van der Waals surface area contributed by atoms with Gasteiger partial charge in [0.1, 0.15) is 5.82 Å². The number of carbonyl (C=O) groups is 1. The number of carbonyl (C=O) groups excluding carboxylic acids is 1. The molecule has 2 saturated heterocycles. The minimum atomic E-state index is -0.240. The number of rotatable bonds is 5. The molecular weight excluding hydrogens is 315 g/mol. The van der Waals surface area contributed by atoms with Crippen LogP contribution in [-0.4, -0.2) is 29.4 Å². The van der Waals surface area contributed by atoms with Crippen molar-refractivity contribution in [2.24, 2.45) is 5.92 Å². The predicted octanol–water partition coefficient (Wildman–Crippen LogP) is 3.52. The zero-order valence-corrected chi connectivity index (χ0v) is 14.4. The molecular formula is C18H26ClFN2O. The molecule has 3 nitrogen and oxygen atoms in total. The zero-order valence-electron chi connectivity index (χ0n) is 13.6. The van der Waals surface area contributed by atoms with Gasteiger partial charge in [-0.2, -0.15) is 0 Å². The van der Waals surface area contributed by atoms with E-state index in [1.807, 2.05) is 17.9 Å². The maximum absolute atomic E-state index is 13.3. The number of halogens is 2. The maximum Gasteiger partial charge on any atom is 0.223 e. The van der Waals surface area contributed by atoms with E-state index in [0.717, 1.165) is 18.4 Å². The van der Waals surface area contributed by atoms with Crippen LogP contribution in [-0.2, 0) is 11.3 Å². The highest BCUT2D eigenvalue weighted by Gasteiger charge is 2.34. The molecule has 1 amide bonds. The van der Waals surface area contributed by atoms with Crippen molar-refractivity contribution < 1.29 is 9.18 Å². The first-order valence-corrected chi connectivity index (χ1v) is 8.42. The van der Waals surface area contributed by atoms with Crippen LogP contribution in [0.5, 0.6) is 0 Å². The van der Waals surface area contributed by atoms with Gasteiger partial charge in [0, 0.05) is 31.6 Å². The van der Waals surface area contributed by atoms with Crippen LogP contribution in [0.15, 0.2) is 24.3 Å². The predicted molar refractivity (Wildman–Crippen MR) is 92.0 cm³/mol. The van der Waals surface area contributed by atoms with Gasteiger partial charge in [0.2, 0.25) is 5.91 Å². The molecule has 2 heterocycles. The Morgan fingerprint density at radius 1 is 1.30 bits per heavy atom. The average Bonchev–Trinajstić information content (AvgIpc) is 2.83. The van der Waals surface area contributed by atoms with E-state index >= 15 is 0 Å². The van der Waals surface area contributed by atoms with E-state index in [1.165, 1.54) is 25.0 Å². The molecule has 0 radical (unpaired) electrons. The van der Waals surface area contributed by atoms with Crippen LogP contribution < -0.4 is 5.32 Å². The Morgan fingerprint density at radius 2 is 2.00 bits per heavy atom. The molecule has 1 aromatic carbocycles. The first kappa shape index (κ1) is 18.2. The third-order valence-corrected chi connectivity index (χ3v) is 5.03. The van der Waals surface area contributed by atoms with Gasteiger partial charge in [-0.1, -0.05) is 12.1 Å².